The van der Waals surface area contributed by atoms with Gasteiger partial charge in [0.15, 0.2) is 0 Å². The van der Waals surface area contributed by atoms with Gasteiger partial charge in [0.1, 0.15) is 11.8 Å². The Morgan fingerprint density at radius 2 is 2.04 bits per heavy atom. The first kappa shape index (κ1) is 19.5. The number of nitrogens with zero attached hydrogens (tertiary/aromatic N) is 1. The summed E-state index contributed by atoms with van der Waals surface area (Å²) in [7, 11) is 0. The lowest BCUT2D eigenvalue weighted by Crippen LogP contribution is -2.34. The second-order valence-electron chi connectivity index (χ2n) is 5.15. The number of nitrogens with two attached hydrogens (primary N) is 2. The van der Waals surface area contributed by atoms with E-state index >= 15 is 0 Å². The van der Waals surface area contributed by atoms with E-state index in [1.165, 1.54) is 0 Å². The molecule has 1 unspecified atom stereocenters. The molecule has 0 fully saturated rings. The first-order valence-corrected chi connectivity index (χ1v) is 7.60. The number of carbonyl (C=O) groups excluding carboxylic acids is 1. The Balaban J connectivity index is 2.41. The van der Waals surface area contributed by atoms with Crippen LogP contribution in [0, 0.1) is 0 Å². The van der Waals surface area contributed by atoms with Crippen LogP contribution >= 0.6 is 0 Å². The molecule has 0 aliphatic carbocycles. The smallest absolute Gasteiger partial charge is 0.328 e. The van der Waals surface area contributed by atoms with Crippen molar-refractivity contribution in [3.63, 3.8) is 0 Å². The third-order valence-corrected chi connectivity index (χ3v) is 3.21. The van der Waals surface area contributed by atoms with Crippen molar-refractivity contribution in [1.29, 1.82) is 0 Å². The van der Waals surface area contributed by atoms with Crippen LogP contribution in [0.4, 0.5) is 0 Å². The normalized spacial score (nSPS) is 12.4. The second kappa shape index (κ2) is 11.1. The minimum absolute atomic E-state index is 0.156. The van der Waals surface area contributed by atoms with E-state index in [1.54, 1.807) is 18.2 Å². The summed E-state index contributed by atoms with van der Waals surface area (Å²) >= 11 is 0. The molecule has 0 saturated carbocycles. The van der Waals surface area contributed by atoms with E-state index in [-0.39, 0.29) is 12.0 Å². The van der Waals surface area contributed by atoms with Gasteiger partial charge in [-0.25, -0.2) is 4.79 Å². The highest BCUT2D eigenvalue weighted by Crippen LogP contribution is 2.16. The number of unbranched alkanes of at least 4 members (excludes halogenated alkanes) is 1. The maximum atomic E-state index is 11.9. The van der Waals surface area contributed by atoms with Gasteiger partial charge < -0.3 is 16.2 Å². The minimum atomic E-state index is -0.654. The van der Waals surface area contributed by atoms with Crippen molar-refractivity contribution in [3.8, 4) is 5.75 Å². The Labute approximate surface area is 135 Å². The molecule has 0 saturated heterocycles. The summed E-state index contributed by atoms with van der Waals surface area (Å²) in [6.45, 7) is 0.737. The van der Waals surface area contributed by atoms with Crippen molar-refractivity contribution in [3.05, 3.63) is 29.8 Å². The predicted octanol–water partition coefficient (Wildman–Crippen LogP) is 0.993. The summed E-state index contributed by atoms with van der Waals surface area (Å²) in [6.07, 6.45) is 3.39. The molecule has 1 aromatic carbocycles. The van der Waals surface area contributed by atoms with Crippen LogP contribution < -0.4 is 16.2 Å². The lowest BCUT2D eigenvalue weighted by Gasteiger charge is -2.12. The molecule has 0 aliphatic heterocycles. The molecule has 0 heterocycles. The van der Waals surface area contributed by atoms with E-state index in [0.717, 1.165) is 18.4 Å². The Hall–Kier alpha value is -1.55. The predicted molar refractivity (Wildman–Crippen MR) is 82.6 cm³/mol. The molecular weight excluding hydrogens is 302 g/mol. The fraction of sp³-hybridized carbons (Fsp3) is 0.533. The summed E-state index contributed by atoms with van der Waals surface area (Å²) in [6, 6.07) is 6.45. The first-order valence-electron chi connectivity index (χ1n) is 7.60. The lowest BCUT2D eigenvalue weighted by atomic mass is 10.1. The number of carbonyl (C=O) groups is 1. The Morgan fingerprint density at radius 1 is 1.26 bits per heavy atom. The topological polar surface area (TPSA) is 131 Å². The number of esters is 1. The van der Waals surface area contributed by atoms with Crippen LogP contribution in [0.5, 0.6) is 5.75 Å². The zero-order valence-electron chi connectivity index (χ0n) is 13.1. The standard InChI is InChI=1S/C15H25N3O5/c16-9-2-1-8-14(17)15(19)23-13-7-3-5-12(11-13)6-4-10-22-18(20)21/h3,5,7,11,14,20-21H,1-2,4,6,8-10,16-17H2. The van der Waals surface area contributed by atoms with Gasteiger partial charge in [0.05, 0.1) is 12.0 Å². The summed E-state index contributed by atoms with van der Waals surface area (Å²) in [4.78, 5) is 16.4. The molecule has 0 bridgehead atoms. The van der Waals surface area contributed by atoms with Crippen LogP contribution in [0.2, 0.25) is 0 Å². The van der Waals surface area contributed by atoms with E-state index in [4.69, 9.17) is 26.6 Å². The van der Waals surface area contributed by atoms with Crippen LogP contribution in [0.15, 0.2) is 24.3 Å². The summed E-state index contributed by atoms with van der Waals surface area (Å²) in [5.41, 5.74) is 12.1. The highest BCUT2D eigenvalue weighted by Gasteiger charge is 2.15. The molecule has 8 nitrogen and oxygen atoms in total. The molecule has 0 spiro atoms. The molecule has 1 atom stereocenters. The van der Waals surface area contributed by atoms with E-state index in [2.05, 4.69) is 4.84 Å². The van der Waals surface area contributed by atoms with E-state index < -0.39 is 12.0 Å². The molecule has 8 heteroatoms. The average Bonchev–Trinajstić information content (AvgIpc) is 2.52. The largest absolute Gasteiger partial charge is 0.425 e. The van der Waals surface area contributed by atoms with Crippen molar-refractivity contribution in [2.24, 2.45) is 11.5 Å². The van der Waals surface area contributed by atoms with Gasteiger partial charge in [0.2, 0.25) is 0 Å². The van der Waals surface area contributed by atoms with Crippen LogP contribution in [0.1, 0.15) is 31.2 Å². The Morgan fingerprint density at radius 3 is 2.74 bits per heavy atom. The third-order valence-electron chi connectivity index (χ3n) is 3.21. The summed E-state index contributed by atoms with van der Waals surface area (Å²) in [5, 5.41) is 16.5. The number of ether oxygens (including phenoxy) is 1. The minimum Gasteiger partial charge on any atom is -0.425 e. The van der Waals surface area contributed by atoms with Crippen LogP contribution in [-0.2, 0) is 16.1 Å². The average molecular weight is 327 g/mol. The van der Waals surface area contributed by atoms with E-state index in [0.29, 0.717) is 31.6 Å². The van der Waals surface area contributed by atoms with Crippen LogP contribution in [0.25, 0.3) is 0 Å². The monoisotopic (exact) mass is 327 g/mol. The SMILES string of the molecule is NCCCCC(N)C(=O)Oc1cccc(CCCON(O)O)c1. The van der Waals surface area contributed by atoms with Crippen molar-refractivity contribution < 1.29 is 24.8 Å². The molecule has 0 aliphatic rings. The van der Waals surface area contributed by atoms with Crippen LogP contribution in [0.3, 0.4) is 0 Å². The Kier molecular flexibility index (Phi) is 9.37. The molecule has 1 rings (SSSR count). The third kappa shape index (κ3) is 8.60. The van der Waals surface area contributed by atoms with Gasteiger partial charge >= 0.3 is 5.97 Å². The number of hydrogen-bond donors (Lipinski definition) is 4. The van der Waals surface area contributed by atoms with Crippen LogP contribution in [-0.4, -0.2) is 41.0 Å². The second-order valence-corrected chi connectivity index (χ2v) is 5.15. The van der Waals surface area contributed by atoms with Crippen molar-refractivity contribution in [1.82, 2.24) is 5.39 Å². The number of benzene rings is 1. The maximum Gasteiger partial charge on any atom is 0.328 e. The summed E-state index contributed by atoms with van der Waals surface area (Å²) in [5.74, 6) is -0.0210. The highest BCUT2D eigenvalue weighted by molar-refractivity contribution is 5.77. The van der Waals surface area contributed by atoms with Crippen molar-refractivity contribution in [2.75, 3.05) is 13.2 Å². The molecule has 0 aromatic heterocycles. The van der Waals surface area contributed by atoms with E-state index in [1.807, 2.05) is 6.07 Å². The molecule has 1 aromatic rings. The first-order chi connectivity index (χ1) is 11.0. The summed E-state index contributed by atoms with van der Waals surface area (Å²) < 4.78 is 5.28. The molecule has 6 N–H and O–H groups in total. The van der Waals surface area contributed by atoms with Gasteiger partial charge in [-0.05, 0) is 49.9 Å². The maximum absolute atomic E-state index is 11.9. The zero-order valence-corrected chi connectivity index (χ0v) is 13.1. The van der Waals surface area contributed by atoms with Crippen molar-refractivity contribution in [2.45, 2.75) is 38.1 Å². The van der Waals surface area contributed by atoms with Gasteiger partial charge in [-0.3, -0.25) is 15.3 Å². The van der Waals surface area contributed by atoms with Crippen molar-refractivity contribution >= 4 is 5.97 Å². The van der Waals surface area contributed by atoms with Gasteiger partial charge in [-0.1, -0.05) is 18.6 Å². The van der Waals surface area contributed by atoms with Gasteiger partial charge in [0.25, 0.3) is 0 Å². The molecule has 0 amide bonds. The fourth-order valence-corrected chi connectivity index (χ4v) is 2.01. The molecule has 0 radical (unpaired) electrons. The Bertz CT molecular complexity index is 470. The quantitative estimate of drug-likeness (QED) is 0.205. The highest BCUT2D eigenvalue weighted by atomic mass is 17.1. The molecular formula is C15H25N3O5. The van der Waals surface area contributed by atoms with Gasteiger partial charge in [-0.15, -0.1) is 0 Å². The van der Waals surface area contributed by atoms with E-state index in [9.17, 15) is 4.79 Å². The van der Waals surface area contributed by atoms with Gasteiger partial charge in [-0.2, -0.15) is 0 Å². The fourth-order valence-electron chi connectivity index (χ4n) is 2.01. The zero-order chi connectivity index (χ0) is 17.1. The number of rotatable bonds is 11. The number of hydrogen-bond acceptors (Lipinski definition) is 8. The lowest BCUT2D eigenvalue weighted by molar-refractivity contribution is -0.492. The molecule has 130 valence electrons. The van der Waals surface area contributed by atoms with Gasteiger partial charge in [0, 0.05) is 0 Å². The number of aryl methyl sites for hydroxylation is 1. The molecule has 23 heavy (non-hydrogen) atoms.